The first-order chi connectivity index (χ1) is 8.11. The van der Waals surface area contributed by atoms with Crippen molar-refractivity contribution in [3.63, 3.8) is 0 Å². The van der Waals surface area contributed by atoms with Gasteiger partial charge in [0.1, 0.15) is 0 Å². The number of nitrogens with one attached hydrogen (secondary N) is 1. The van der Waals surface area contributed by atoms with E-state index in [4.69, 9.17) is 0 Å². The molecule has 2 rings (SSSR count). The highest BCUT2D eigenvalue weighted by atomic mass is 32.1. The molecule has 0 saturated heterocycles. The summed E-state index contributed by atoms with van der Waals surface area (Å²) in [4.78, 5) is 22.9. The van der Waals surface area contributed by atoms with Crippen LogP contribution in [0.5, 0.6) is 0 Å². The van der Waals surface area contributed by atoms with E-state index in [0.29, 0.717) is 6.42 Å². The van der Waals surface area contributed by atoms with E-state index in [1.54, 1.807) is 11.6 Å². The van der Waals surface area contributed by atoms with Crippen LogP contribution in [0.25, 0.3) is 10.2 Å². The Morgan fingerprint density at radius 3 is 2.94 bits per heavy atom. The molecule has 1 aromatic carbocycles. The van der Waals surface area contributed by atoms with Crippen LogP contribution in [0.1, 0.15) is 19.8 Å². The van der Waals surface area contributed by atoms with Gasteiger partial charge in [0, 0.05) is 19.2 Å². The standard InChI is InChI=1S/C12H14N2O2S/c1-3-4-11(15)13-8-5-6-9-10(7-8)17-12(16)14(9)2/h5-7H,3-4H2,1-2H3,(H,13,15). The lowest BCUT2D eigenvalue weighted by Crippen LogP contribution is -2.10. The second-order valence-corrected chi connectivity index (χ2v) is 4.90. The zero-order valence-electron chi connectivity index (χ0n) is 9.82. The molecule has 1 heterocycles. The molecule has 2 aromatic rings. The monoisotopic (exact) mass is 250 g/mol. The maximum atomic E-state index is 11.5. The second-order valence-electron chi connectivity index (χ2n) is 3.91. The van der Waals surface area contributed by atoms with Crippen molar-refractivity contribution in [2.24, 2.45) is 7.05 Å². The van der Waals surface area contributed by atoms with Gasteiger partial charge in [-0.3, -0.25) is 9.59 Å². The van der Waals surface area contributed by atoms with Crippen molar-refractivity contribution in [3.8, 4) is 0 Å². The number of carbonyl (C=O) groups is 1. The van der Waals surface area contributed by atoms with E-state index in [1.807, 2.05) is 25.1 Å². The van der Waals surface area contributed by atoms with E-state index in [0.717, 1.165) is 22.3 Å². The maximum absolute atomic E-state index is 11.5. The second kappa shape index (κ2) is 4.71. The number of nitrogens with zero attached hydrogens (tertiary/aromatic N) is 1. The van der Waals surface area contributed by atoms with E-state index in [1.165, 1.54) is 11.3 Å². The summed E-state index contributed by atoms with van der Waals surface area (Å²) in [5.74, 6) is 0.00938. The lowest BCUT2D eigenvalue weighted by Gasteiger charge is -2.04. The van der Waals surface area contributed by atoms with Crippen LogP contribution in [0, 0.1) is 0 Å². The van der Waals surface area contributed by atoms with Gasteiger partial charge in [-0.2, -0.15) is 0 Å². The van der Waals surface area contributed by atoms with Gasteiger partial charge in [0.2, 0.25) is 5.91 Å². The first-order valence-electron chi connectivity index (χ1n) is 5.51. The molecular weight excluding hydrogens is 236 g/mol. The minimum atomic E-state index is 0.00938. The minimum Gasteiger partial charge on any atom is -0.326 e. The lowest BCUT2D eigenvalue weighted by molar-refractivity contribution is -0.116. The van der Waals surface area contributed by atoms with Gasteiger partial charge in [-0.15, -0.1) is 0 Å². The zero-order chi connectivity index (χ0) is 12.4. The highest BCUT2D eigenvalue weighted by molar-refractivity contribution is 7.16. The Labute approximate surface area is 103 Å². The first-order valence-corrected chi connectivity index (χ1v) is 6.33. The van der Waals surface area contributed by atoms with Gasteiger partial charge in [0.25, 0.3) is 0 Å². The molecule has 1 amide bonds. The summed E-state index contributed by atoms with van der Waals surface area (Å²) in [5, 5.41) is 2.82. The summed E-state index contributed by atoms with van der Waals surface area (Å²) in [5.41, 5.74) is 1.64. The molecule has 0 fully saturated rings. The van der Waals surface area contributed by atoms with E-state index < -0.39 is 0 Å². The van der Waals surface area contributed by atoms with Crippen LogP contribution in [0.15, 0.2) is 23.0 Å². The smallest absolute Gasteiger partial charge is 0.307 e. The third kappa shape index (κ3) is 2.39. The summed E-state index contributed by atoms with van der Waals surface area (Å²) in [7, 11) is 1.75. The van der Waals surface area contributed by atoms with Crippen molar-refractivity contribution in [2.75, 3.05) is 5.32 Å². The zero-order valence-corrected chi connectivity index (χ0v) is 10.6. The van der Waals surface area contributed by atoms with Crippen molar-refractivity contribution in [1.82, 2.24) is 4.57 Å². The largest absolute Gasteiger partial charge is 0.326 e. The number of hydrogen-bond acceptors (Lipinski definition) is 3. The third-order valence-electron chi connectivity index (χ3n) is 2.55. The third-order valence-corrected chi connectivity index (χ3v) is 3.55. The Kier molecular flexibility index (Phi) is 3.28. The number of aryl methyl sites for hydroxylation is 1. The molecule has 0 saturated carbocycles. The molecule has 0 radical (unpaired) electrons. The molecule has 0 aliphatic heterocycles. The number of amides is 1. The number of hydrogen-bond donors (Lipinski definition) is 1. The number of benzene rings is 1. The van der Waals surface area contributed by atoms with Crippen molar-refractivity contribution < 1.29 is 4.79 Å². The SMILES string of the molecule is CCCC(=O)Nc1ccc2c(c1)sc(=O)n2C. The summed E-state index contributed by atoms with van der Waals surface area (Å²) in [6.45, 7) is 1.96. The number of fused-ring (bicyclic) bond motifs is 1. The van der Waals surface area contributed by atoms with Gasteiger partial charge in [-0.25, -0.2) is 0 Å². The molecule has 90 valence electrons. The number of carbonyl (C=O) groups excluding carboxylic acids is 1. The van der Waals surface area contributed by atoms with Gasteiger partial charge in [0.15, 0.2) is 0 Å². The Hall–Kier alpha value is -1.62. The van der Waals surface area contributed by atoms with Gasteiger partial charge in [0.05, 0.1) is 10.2 Å². The van der Waals surface area contributed by atoms with Gasteiger partial charge in [-0.05, 0) is 24.6 Å². The van der Waals surface area contributed by atoms with Crippen molar-refractivity contribution in [1.29, 1.82) is 0 Å². The van der Waals surface area contributed by atoms with Crippen LogP contribution >= 0.6 is 11.3 Å². The van der Waals surface area contributed by atoms with E-state index >= 15 is 0 Å². The Morgan fingerprint density at radius 2 is 2.24 bits per heavy atom. The van der Waals surface area contributed by atoms with Gasteiger partial charge >= 0.3 is 4.87 Å². The van der Waals surface area contributed by atoms with Crippen LogP contribution < -0.4 is 10.2 Å². The average Bonchev–Trinajstić information content (AvgIpc) is 2.55. The molecule has 0 aliphatic carbocycles. The topological polar surface area (TPSA) is 51.1 Å². The van der Waals surface area contributed by atoms with Gasteiger partial charge in [-0.1, -0.05) is 18.3 Å². The van der Waals surface area contributed by atoms with Crippen LogP contribution in [0.3, 0.4) is 0 Å². The summed E-state index contributed by atoms with van der Waals surface area (Å²) >= 11 is 1.19. The molecule has 0 aliphatic rings. The molecular formula is C12H14N2O2S. The Bertz CT molecular complexity index is 612. The summed E-state index contributed by atoms with van der Waals surface area (Å²) in [6, 6.07) is 5.52. The molecule has 0 bridgehead atoms. The van der Waals surface area contributed by atoms with Gasteiger partial charge < -0.3 is 9.88 Å². The number of rotatable bonds is 3. The van der Waals surface area contributed by atoms with Crippen LogP contribution in [0.2, 0.25) is 0 Å². The van der Waals surface area contributed by atoms with Crippen LogP contribution in [0.4, 0.5) is 5.69 Å². The molecule has 17 heavy (non-hydrogen) atoms. The van der Waals surface area contributed by atoms with Crippen LogP contribution in [-0.4, -0.2) is 10.5 Å². The van der Waals surface area contributed by atoms with Crippen molar-refractivity contribution >= 4 is 33.1 Å². The fourth-order valence-electron chi connectivity index (χ4n) is 1.66. The highest BCUT2D eigenvalue weighted by Crippen LogP contribution is 2.21. The lowest BCUT2D eigenvalue weighted by atomic mass is 10.2. The van der Waals surface area contributed by atoms with E-state index in [2.05, 4.69) is 5.32 Å². The normalized spacial score (nSPS) is 10.7. The predicted molar refractivity (Wildman–Crippen MR) is 70.6 cm³/mol. The Balaban J connectivity index is 2.32. The minimum absolute atomic E-state index is 0.00938. The molecule has 0 spiro atoms. The maximum Gasteiger partial charge on any atom is 0.307 e. The van der Waals surface area contributed by atoms with E-state index in [9.17, 15) is 9.59 Å². The van der Waals surface area contributed by atoms with Crippen molar-refractivity contribution in [3.05, 3.63) is 27.9 Å². The predicted octanol–water partition coefficient (Wildman–Crippen LogP) is 2.34. The summed E-state index contributed by atoms with van der Waals surface area (Å²) in [6.07, 6.45) is 1.34. The summed E-state index contributed by atoms with van der Waals surface area (Å²) < 4.78 is 2.50. The molecule has 0 atom stereocenters. The fourth-order valence-corrected chi connectivity index (χ4v) is 2.58. The Morgan fingerprint density at radius 1 is 1.47 bits per heavy atom. The number of anilines is 1. The highest BCUT2D eigenvalue weighted by Gasteiger charge is 2.06. The quantitative estimate of drug-likeness (QED) is 0.909. The number of aromatic nitrogens is 1. The van der Waals surface area contributed by atoms with Crippen molar-refractivity contribution in [2.45, 2.75) is 19.8 Å². The molecule has 5 heteroatoms. The molecule has 1 aromatic heterocycles. The first kappa shape index (κ1) is 11.9. The average molecular weight is 250 g/mol. The van der Waals surface area contributed by atoms with Crippen LogP contribution in [-0.2, 0) is 11.8 Å². The fraction of sp³-hybridized carbons (Fsp3) is 0.333. The molecule has 4 nitrogen and oxygen atoms in total. The molecule has 1 N–H and O–H groups in total. The number of thiazole rings is 1. The molecule has 0 unspecified atom stereocenters. The van der Waals surface area contributed by atoms with E-state index in [-0.39, 0.29) is 10.8 Å².